The van der Waals surface area contributed by atoms with Gasteiger partial charge in [-0.2, -0.15) is 0 Å². The zero-order valence-corrected chi connectivity index (χ0v) is 15.1. The summed E-state index contributed by atoms with van der Waals surface area (Å²) >= 11 is 0. The summed E-state index contributed by atoms with van der Waals surface area (Å²) in [6, 6.07) is 2.09. The van der Waals surface area contributed by atoms with Crippen LogP contribution < -0.4 is 27.3 Å². The molecule has 1 unspecified atom stereocenters. The minimum atomic E-state index is 0.232. The minimum Gasteiger partial charge on any atom is -0.490 e. The molecule has 1 atom stereocenters. The molecule has 1 aromatic heterocycles. The second kappa shape index (κ2) is 9.33. The van der Waals surface area contributed by atoms with Crippen molar-refractivity contribution in [3.63, 3.8) is 0 Å². The molecule has 1 saturated heterocycles. The highest BCUT2D eigenvalue weighted by atomic mass is 16.5. The van der Waals surface area contributed by atoms with E-state index in [1.54, 1.807) is 12.3 Å². The number of ether oxygens (including phenoxy) is 1. The molecule has 0 radical (unpaired) electrons. The predicted molar refractivity (Wildman–Crippen MR) is 103 cm³/mol. The molecule has 25 heavy (non-hydrogen) atoms. The molecule has 1 fully saturated rings. The Morgan fingerprint density at radius 1 is 1.24 bits per heavy atom. The Balaban J connectivity index is 1.90. The van der Waals surface area contributed by atoms with Crippen LogP contribution in [0.3, 0.4) is 0 Å². The molecule has 0 saturated carbocycles. The van der Waals surface area contributed by atoms with Gasteiger partial charge in [0.15, 0.2) is 11.6 Å². The maximum absolute atomic E-state index is 5.85. The average molecular weight is 349 g/mol. The van der Waals surface area contributed by atoms with E-state index in [-0.39, 0.29) is 11.6 Å². The second-order valence-electron chi connectivity index (χ2n) is 6.42. The number of nitrogen functional groups attached to an aromatic ring is 3. The third kappa shape index (κ3) is 5.68. The Labute approximate surface area is 150 Å². The molecule has 0 spiro atoms. The highest BCUT2D eigenvalue weighted by molar-refractivity contribution is 5.66. The molecule has 0 aromatic carbocycles. The molecule has 1 aromatic rings. The lowest BCUT2D eigenvalue weighted by atomic mass is 10.1. The Kier molecular flexibility index (Phi) is 7.15. The monoisotopic (exact) mass is 349 g/mol. The third-order valence-electron chi connectivity index (χ3n) is 4.60. The zero-order chi connectivity index (χ0) is 18.2. The number of pyridine rings is 1. The van der Waals surface area contributed by atoms with Crippen LogP contribution in [0.2, 0.25) is 0 Å². The van der Waals surface area contributed by atoms with Crippen LogP contribution in [-0.4, -0.2) is 67.2 Å². The van der Waals surface area contributed by atoms with Crippen LogP contribution in [0.25, 0.3) is 0 Å². The van der Waals surface area contributed by atoms with Gasteiger partial charge in [-0.3, -0.25) is 4.90 Å². The molecule has 8 nitrogen and oxygen atoms in total. The fourth-order valence-corrected chi connectivity index (χ4v) is 3.01. The van der Waals surface area contributed by atoms with E-state index in [9.17, 15) is 0 Å². The average Bonchev–Trinajstić information content (AvgIpc) is 2.59. The lowest BCUT2D eigenvalue weighted by Gasteiger charge is -2.38. The fraction of sp³-hybridized carbons (Fsp3) is 0.588. The van der Waals surface area contributed by atoms with Crippen LogP contribution in [-0.2, 0) is 0 Å². The molecule has 2 heterocycles. The first-order chi connectivity index (χ1) is 12.0. The molecule has 0 aliphatic carbocycles. The van der Waals surface area contributed by atoms with E-state index in [2.05, 4.69) is 33.7 Å². The topological polar surface area (TPSA) is 119 Å². The van der Waals surface area contributed by atoms with Crippen LogP contribution >= 0.6 is 0 Å². The van der Waals surface area contributed by atoms with Crippen LogP contribution in [0.1, 0.15) is 12.8 Å². The highest BCUT2D eigenvalue weighted by Crippen LogP contribution is 2.26. The Hall–Kier alpha value is -2.19. The summed E-state index contributed by atoms with van der Waals surface area (Å²) in [6.45, 7) is 9.51. The molecule has 2 rings (SSSR count). The Bertz CT molecular complexity index is 558. The van der Waals surface area contributed by atoms with Crippen molar-refractivity contribution in [3.8, 4) is 5.75 Å². The lowest BCUT2D eigenvalue weighted by Crippen LogP contribution is -2.49. The molecule has 1 aliphatic rings. The number of piperazine rings is 1. The van der Waals surface area contributed by atoms with Gasteiger partial charge in [0.2, 0.25) is 0 Å². The van der Waals surface area contributed by atoms with Crippen molar-refractivity contribution in [3.05, 3.63) is 18.8 Å². The first kappa shape index (κ1) is 19.1. The summed E-state index contributed by atoms with van der Waals surface area (Å²) < 4.78 is 5.82. The number of nitrogens with one attached hydrogen (secondary N) is 1. The molecule has 0 amide bonds. The Morgan fingerprint density at radius 3 is 2.64 bits per heavy atom. The van der Waals surface area contributed by atoms with Crippen molar-refractivity contribution >= 4 is 17.3 Å². The van der Waals surface area contributed by atoms with Gasteiger partial charge in [0.25, 0.3) is 0 Å². The van der Waals surface area contributed by atoms with Gasteiger partial charge in [-0.05, 0) is 26.1 Å². The van der Waals surface area contributed by atoms with Gasteiger partial charge in [-0.1, -0.05) is 6.58 Å². The summed E-state index contributed by atoms with van der Waals surface area (Å²) in [5.41, 5.74) is 17.7. The van der Waals surface area contributed by atoms with Gasteiger partial charge in [-0.25, -0.2) is 4.98 Å². The van der Waals surface area contributed by atoms with Gasteiger partial charge in [-0.15, -0.1) is 0 Å². The minimum absolute atomic E-state index is 0.232. The fourth-order valence-electron chi connectivity index (χ4n) is 3.01. The molecule has 8 heteroatoms. The van der Waals surface area contributed by atoms with Crippen LogP contribution in [0.5, 0.6) is 5.75 Å². The van der Waals surface area contributed by atoms with Crippen molar-refractivity contribution in [2.24, 2.45) is 0 Å². The number of anilines is 3. The number of nitrogens with zero attached hydrogens (tertiary/aromatic N) is 3. The van der Waals surface area contributed by atoms with Gasteiger partial charge in [0.05, 0.1) is 12.3 Å². The molecule has 1 aliphatic heterocycles. The molecule has 7 N–H and O–H groups in total. The first-order valence-corrected chi connectivity index (χ1v) is 8.72. The van der Waals surface area contributed by atoms with Gasteiger partial charge in [0.1, 0.15) is 5.82 Å². The maximum atomic E-state index is 5.85. The van der Waals surface area contributed by atoms with Gasteiger partial charge < -0.3 is 32.2 Å². The summed E-state index contributed by atoms with van der Waals surface area (Å²) in [7, 11) is 2.16. The largest absolute Gasteiger partial charge is 0.490 e. The predicted octanol–water partition coefficient (Wildman–Crippen LogP) is 0.336. The van der Waals surface area contributed by atoms with Crippen molar-refractivity contribution in [2.75, 3.05) is 63.6 Å². The molecule has 140 valence electrons. The normalized spacial score (nSPS) is 17.2. The first-order valence-electron chi connectivity index (χ1n) is 8.72. The van der Waals surface area contributed by atoms with E-state index in [0.29, 0.717) is 24.1 Å². The van der Waals surface area contributed by atoms with E-state index < -0.39 is 0 Å². The van der Waals surface area contributed by atoms with E-state index in [1.165, 1.54) is 0 Å². The molecular formula is C17H31N7O. The van der Waals surface area contributed by atoms with Crippen molar-refractivity contribution < 1.29 is 4.74 Å². The zero-order valence-electron chi connectivity index (χ0n) is 15.1. The summed E-state index contributed by atoms with van der Waals surface area (Å²) in [5.74, 6) is 1.000. The van der Waals surface area contributed by atoms with Crippen LogP contribution in [0.4, 0.5) is 17.3 Å². The van der Waals surface area contributed by atoms with Crippen molar-refractivity contribution in [2.45, 2.75) is 18.9 Å². The van der Waals surface area contributed by atoms with Crippen molar-refractivity contribution in [1.29, 1.82) is 0 Å². The van der Waals surface area contributed by atoms with Gasteiger partial charge in [0, 0.05) is 44.8 Å². The van der Waals surface area contributed by atoms with E-state index >= 15 is 0 Å². The smallest absolute Gasteiger partial charge is 0.168 e. The van der Waals surface area contributed by atoms with Crippen LogP contribution in [0.15, 0.2) is 18.8 Å². The summed E-state index contributed by atoms with van der Waals surface area (Å²) in [5, 5.41) is 3.18. The number of likely N-dealkylation sites (N-methyl/N-ethyl adjacent to an activating group) is 1. The summed E-state index contributed by atoms with van der Waals surface area (Å²) in [6.07, 6.45) is 3.68. The van der Waals surface area contributed by atoms with Crippen LogP contribution in [0, 0.1) is 0 Å². The summed E-state index contributed by atoms with van der Waals surface area (Å²) in [4.78, 5) is 8.89. The standard InChI is InChI=1S/C17H31N7O/c1-3-21-6-4-13(24-9-7-23(2)8-10-24)5-11-25-15-12-14(18)16(19)22-17(15)20/h3,12-13,21H,1,4-11,18H2,2H3,(H4,19,20,22). The van der Waals surface area contributed by atoms with Gasteiger partial charge >= 0.3 is 0 Å². The second-order valence-corrected chi connectivity index (χ2v) is 6.42. The molecule has 0 bridgehead atoms. The lowest BCUT2D eigenvalue weighted by molar-refractivity contribution is 0.0935. The number of rotatable bonds is 9. The highest BCUT2D eigenvalue weighted by Gasteiger charge is 2.22. The van der Waals surface area contributed by atoms with E-state index in [1.807, 2.05) is 0 Å². The third-order valence-corrected chi connectivity index (χ3v) is 4.60. The SMILES string of the molecule is C=CNCCC(CCOc1cc(N)c(N)nc1N)N1CCN(C)CC1. The number of aromatic nitrogens is 1. The number of nitrogens with two attached hydrogens (primary N) is 3. The van der Waals surface area contributed by atoms with E-state index in [0.717, 1.165) is 45.6 Å². The Morgan fingerprint density at radius 2 is 1.96 bits per heavy atom. The maximum Gasteiger partial charge on any atom is 0.168 e. The quantitative estimate of drug-likeness (QED) is 0.471. The van der Waals surface area contributed by atoms with Crippen molar-refractivity contribution in [1.82, 2.24) is 20.1 Å². The molecular weight excluding hydrogens is 318 g/mol. The number of hydrogen-bond donors (Lipinski definition) is 4. The van der Waals surface area contributed by atoms with E-state index in [4.69, 9.17) is 21.9 Å². The number of hydrogen-bond acceptors (Lipinski definition) is 8.